The Morgan fingerprint density at radius 2 is 1.54 bits per heavy atom. The lowest BCUT2D eigenvalue weighted by Gasteiger charge is -2.69. The quantitative estimate of drug-likeness (QED) is 0.145. The number of fused-ring (bicyclic) bond motifs is 11. The fourth-order valence-corrected chi connectivity index (χ4v) is 20.3. The second kappa shape index (κ2) is 15.7. The second-order valence-corrected chi connectivity index (χ2v) is 28.5. The summed E-state index contributed by atoms with van der Waals surface area (Å²) in [6, 6.07) is 4.56. The highest BCUT2D eigenvalue weighted by Gasteiger charge is 2.74. The Balaban J connectivity index is 0.833. The zero-order chi connectivity index (χ0) is 49.6. The van der Waals surface area contributed by atoms with Crippen LogP contribution in [0.2, 0.25) is 0 Å². The first-order valence-electron chi connectivity index (χ1n) is 27.2. The number of Topliss-reactive ketones (excluding diaryl/α,β-unsaturated/α-hetero) is 1. The molecule has 18 atom stereocenters. The molecular weight excluding hydrogens is 893 g/mol. The van der Waals surface area contributed by atoms with Crippen LogP contribution < -0.4 is 0 Å². The molecular formula is C57H84O11S. The minimum Gasteiger partial charge on any atom is -0.387 e. The summed E-state index contributed by atoms with van der Waals surface area (Å²) in [5.41, 5.74) is 4.73. The molecule has 1 unspecified atom stereocenters. The molecule has 4 saturated heterocycles. The highest BCUT2D eigenvalue weighted by atomic mass is 32.3. The molecule has 4 heterocycles. The third-order valence-corrected chi connectivity index (χ3v) is 23.7. The van der Waals surface area contributed by atoms with E-state index in [9.17, 15) is 33.1 Å². The van der Waals surface area contributed by atoms with Crippen molar-refractivity contribution >= 4 is 16.2 Å². The average Bonchev–Trinajstić information content (AvgIpc) is 3.84. The van der Waals surface area contributed by atoms with Crippen molar-refractivity contribution in [3.8, 4) is 0 Å². The van der Waals surface area contributed by atoms with Crippen LogP contribution in [0.1, 0.15) is 188 Å². The van der Waals surface area contributed by atoms with E-state index in [0.29, 0.717) is 42.4 Å². The lowest BCUT2D eigenvalue weighted by atomic mass is 9.42. The van der Waals surface area contributed by atoms with Crippen LogP contribution in [0.25, 0.3) is 0 Å². The normalized spacial score (nSPS) is 47.6. The fraction of sp³-hybridized carbons (Fsp3) is 0.842. The van der Waals surface area contributed by atoms with E-state index in [1.807, 2.05) is 27.7 Å². The van der Waals surface area contributed by atoms with Gasteiger partial charge in [-0.25, -0.2) is 4.18 Å². The van der Waals surface area contributed by atoms with Gasteiger partial charge in [0.25, 0.3) is 0 Å². The lowest BCUT2D eigenvalue weighted by molar-refractivity contribution is -0.408. The number of aliphatic hydroxyl groups excluding tert-OH is 2. The van der Waals surface area contributed by atoms with Crippen LogP contribution in [0.4, 0.5) is 0 Å². The molecule has 0 radical (unpaired) electrons. The SMILES string of the molecule is C[C@@H]([C@H]1CC[C@H]2C3=C(CC[C@]12C)[C@@]12CO[C@@](O)([C@@H](O)C1)C(C)(C)C2[C@@H](OS(=O)(=O)O)C3)[C@H]1C[C@@H]2C[C@@](C)(OC2(C)C)[C@H](CC[C@@H](C)[C@H]2CC[C@H]3c4ccc5c(c4CC[C@]23C)C[C@H](O)C(=O)C5(C)C)O1. The van der Waals surface area contributed by atoms with Crippen molar-refractivity contribution in [1.29, 1.82) is 0 Å². The van der Waals surface area contributed by atoms with Crippen LogP contribution in [0.3, 0.4) is 0 Å². The van der Waals surface area contributed by atoms with Crippen LogP contribution in [0.15, 0.2) is 23.3 Å². The number of carbonyl (C=O) groups excluding carboxylic acids is 1. The summed E-state index contributed by atoms with van der Waals surface area (Å²) in [5, 5.41) is 34.1. The summed E-state index contributed by atoms with van der Waals surface area (Å²) >= 11 is 0. The van der Waals surface area contributed by atoms with Crippen LogP contribution in [0, 0.1) is 63.1 Å². The van der Waals surface area contributed by atoms with E-state index in [4.69, 9.17) is 18.4 Å². The topological polar surface area (TPSA) is 169 Å². The van der Waals surface area contributed by atoms with Crippen LogP contribution in [-0.4, -0.2) is 88.2 Å². The smallest absolute Gasteiger partial charge is 0.387 e. The molecule has 7 aliphatic carbocycles. The van der Waals surface area contributed by atoms with E-state index >= 15 is 0 Å². The van der Waals surface area contributed by atoms with Gasteiger partial charge in [0, 0.05) is 23.2 Å². The van der Waals surface area contributed by atoms with Crippen LogP contribution in [-0.2, 0) is 51.8 Å². The van der Waals surface area contributed by atoms with Gasteiger partial charge >= 0.3 is 10.4 Å². The van der Waals surface area contributed by atoms with Gasteiger partial charge in [-0.1, -0.05) is 64.8 Å². The number of hydrogen-bond donors (Lipinski definition) is 4. The van der Waals surface area contributed by atoms with E-state index in [-0.39, 0.29) is 64.9 Å². The lowest BCUT2D eigenvalue weighted by Crippen LogP contribution is -2.76. The van der Waals surface area contributed by atoms with Gasteiger partial charge in [0.2, 0.25) is 0 Å². The van der Waals surface area contributed by atoms with E-state index in [0.717, 1.165) is 69.8 Å². The van der Waals surface area contributed by atoms with Crippen LogP contribution >= 0.6 is 0 Å². The van der Waals surface area contributed by atoms with Gasteiger partial charge in [-0.15, -0.1) is 0 Å². The Bertz CT molecular complexity index is 2440. The molecule has 384 valence electrons. The minimum atomic E-state index is -4.81. The fourth-order valence-electron chi connectivity index (χ4n) is 19.8. The number of hydrogen-bond acceptors (Lipinski definition) is 10. The standard InChI is InChI=1S/C57H84O11S/c1-30(37-15-17-40-34-13-14-39-35(33(34)20-22-53(37,40)9)25-43(58)49(60)50(39,3)4)12-19-47-55(11)27-32(52(7,8)68-55)24-44(66-47)31(2)38-16-18-41-36-26-45(67-69(62,63)64)48-51(5,6)57(61)46(59)28-56(48,29-65-57)42(36)21-23-54(38,41)10/h13-14,30-32,37-38,40-41,43-48,58-59,61H,12,15-29H2,1-11H3,(H,62,63,64)/t30-,31+,32-,37-,38-,40+,41+,43+,44-,45+,46+,47+,48?,53-,54-,55-,56+,57+/m1/s1. The molecule has 0 aromatic heterocycles. The molecule has 3 saturated carbocycles. The van der Waals surface area contributed by atoms with Gasteiger partial charge in [-0.05, 0) is 199 Å². The third-order valence-electron chi connectivity index (χ3n) is 23.2. The Morgan fingerprint density at radius 1 is 0.855 bits per heavy atom. The second-order valence-electron chi connectivity index (χ2n) is 27.4. The highest BCUT2D eigenvalue weighted by molar-refractivity contribution is 7.80. The first-order valence-corrected chi connectivity index (χ1v) is 28.5. The molecule has 4 bridgehead atoms. The van der Waals surface area contributed by atoms with Crippen LogP contribution in [0.5, 0.6) is 0 Å². The molecule has 1 aromatic rings. The maximum atomic E-state index is 13.1. The molecule has 0 amide bonds. The Kier molecular flexibility index (Phi) is 11.2. The first-order chi connectivity index (χ1) is 32.0. The predicted octanol–water partition coefficient (Wildman–Crippen LogP) is 9.51. The maximum absolute atomic E-state index is 13.1. The van der Waals surface area contributed by atoms with E-state index in [2.05, 4.69) is 60.6 Å². The van der Waals surface area contributed by atoms with Gasteiger partial charge in [0.05, 0.1) is 41.5 Å². The minimum absolute atomic E-state index is 0.0373. The van der Waals surface area contributed by atoms with E-state index < -0.39 is 56.7 Å². The zero-order valence-corrected chi connectivity index (χ0v) is 44.3. The van der Waals surface area contributed by atoms with Crippen molar-refractivity contribution < 1.29 is 51.5 Å². The van der Waals surface area contributed by atoms with Gasteiger partial charge < -0.3 is 29.5 Å². The summed E-state index contributed by atoms with van der Waals surface area (Å²) in [6.45, 7) is 24.6. The molecule has 12 heteroatoms. The Labute approximate surface area is 412 Å². The molecule has 4 aliphatic heterocycles. The summed E-state index contributed by atoms with van der Waals surface area (Å²) in [6.07, 6.45) is 10.4. The molecule has 11 aliphatic rings. The summed E-state index contributed by atoms with van der Waals surface area (Å²) in [5.74, 6) is 0.382. The average molecular weight is 977 g/mol. The van der Waals surface area contributed by atoms with Crippen molar-refractivity contribution in [3.05, 3.63) is 45.5 Å². The van der Waals surface area contributed by atoms with Gasteiger partial charge in [-0.2, -0.15) is 8.42 Å². The van der Waals surface area contributed by atoms with Gasteiger partial charge in [0.1, 0.15) is 12.2 Å². The van der Waals surface area contributed by atoms with Crippen molar-refractivity contribution in [2.45, 2.75) is 231 Å². The van der Waals surface area contributed by atoms with Gasteiger partial charge in [0.15, 0.2) is 11.6 Å². The van der Waals surface area contributed by atoms with Gasteiger partial charge in [-0.3, -0.25) is 9.35 Å². The molecule has 4 N–H and O–H groups in total. The van der Waals surface area contributed by atoms with E-state index in [1.165, 1.54) is 40.7 Å². The summed E-state index contributed by atoms with van der Waals surface area (Å²) in [4.78, 5) is 13.1. The van der Waals surface area contributed by atoms with Crippen molar-refractivity contribution in [2.75, 3.05) is 6.61 Å². The molecule has 69 heavy (non-hydrogen) atoms. The predicted molar refractivity (Wildman–Crippen MR) is 261 cm³/mol. The molecule has 1 spiro atoms. The zero-order valence-electron chi connectivity index (χ0n) is 43.5. The molecule has 1 aromatic carbocycles. The largest absolute Gasteiger partial charge is 0.397 e. The van der Waals surface area contributed by atoms with Crippen molar-refractivity contribution in [1.82, 2.24) is 0 Å². The van der Waals surface area contributed by atoms with Crippen molar-refractivity contribution in [2.24, 2.45) is 63.1 Å². The Hall–Kier alpha value is -1.74. The molecule has 12 rings (SSSR count). The monoisotopic (exact) mass is 977 g/mol. The number of carbonyl (C=O) groups is 1. The first kappa shape index (κ1) is 49.5. The summed E-state index contributed by atoms with van der Waals surface area (Å²) in [7, 11) is -4.81. The maximum Gasteiger partial charge on any atom is 0.397 e. The Morgan fingerprint density at radius 3 is 2.25 bits per heavy atom. The van der Waals surface area contributed by atoms with Crippen molar-refractivity contribution in [3.63, 3.8) is 0 Å². The molecule has 7 fully saturated rings. The summed E-state index contributed by atoms with van der Waals surface area (Å²) < 4.78 is 61.8. The number of aliphatic hydroxyl groups is 3. The number of ether oxygens (including phenoxy) is 3. The number of rotatable bonds is 8. The number of ketones is 1. The highest BCUT2D eigenvalue weighted by Crippen LogP contribution is 2.72. The van der Waals surface area contributed by atoms with E-state index in [1.54, 1.807) is 0 Å². The number of benzene rings is 1. The molecule has 11 nitrogen and oxygen atoms in total. The third kappa shape index (κ3) is 6.89.